The van der Waals surface area contributed by atoms with Crippen molar-refractivity contribution >= 4 is 45.9 Å². The zero-order valence-electron chi connectivity index (χ0n) is 16.0. The topological polar surface area (TPSA) is 41.8 Å². The summed E-state index contributed by atoms with van der Waals surface area (Å²) in [7, 11) is 7.62. The van der Waals surface area contributed by atoms with Gasteiger partial charge >= 0.3 is 0 Å². The van der Waals surface area contributed by atoms with Crippen LogP contribution >= 0.6 is 39.9 Å². The van der Waals surface area contributed by atoms with E-state index in [0.29, 0.717) is 5.92 Å². The SMILES string of the molecule is CN=C(NCC(C)c1ccccc1OC)N(C)Cc1cc(Br)cn1C.I. The largest absolute Gasteiger partial charge is 0.496 e. The van der Waals surface area contributed by atoms with Gasteiger partial charge < -0.3 is 19.5 Å². The number of aliphatic imine (C=N–C) groups is 1. The van der Waals surface area contributed by atoms with Crippen molar-refractivity contribution in [2.24, 2.45) is 12.0 Å². The summed E-state index contributed by atoms with van der Waals surface area (Å²) in [5.41, 5.74) is 2.41. The normalized spacial score (nSPS) is 12.3. The number of benzene rings is 1. The molecule has 0 spiro atoms. The maximum Gasteiger partial charge on any atom is 0.193 e. The minimum atomic E-state index is 0. The van der Waals surface area contributed by atoms with Crippen LogP contribution in [0.5, 0.6) is 5.75 Å². The molecule has 0 aliphatic heterocycles. The predicted octanol–water partition coefficient (Wildman–Crippen LogP) is 4.23. The third-order valence-corrected chi connectivity index (χ3v) is 4.72. The molecule has 0 amide bonds. The summed E-state index contributed by atoms with van der Waals surface area (Å²) < 4.78 is 8.67. The second-order valence-corrected chi connectivity index (χ2v) is 7.10. The van der Waals surface area contributed by atoms with E-state index in [1.807, 2.05) is 39.3 Å². The Balaban J connectivity index is 0.00000338. The van der Waals surface area contributed by atoms with Crippen LogP contribution in [-0.2, 0) is 13.6 Å². The van der Waals surface area contributed by atoms with Crippen LogP contribution in [0, 0.1) is 0 Å². The van der Waals surface area contributed by atoms with Crippen molar-refractivity contribution in [3.05, 3.63) is 52.3 Å². The Morgan fingerprint density at radius 1 is 1.38 bits per heavy atom. The molecule has 2 aromatic rings. The van der Waals surface area contributed by atoms with E-state index in [1.54, 1.807) is 7.11 Å². The molecule has 26 heavy (non-hydrogen) atoms. The van der Waals surface area contributed by atoms with Crippen LogP contribution in [0.15, 0.2) is 46.0 Å². The fourth-order valence-electron chi connectivity index (χ4n) is 2.85. The molecule has 1 unspecified atom stereocenters. The third-order valence-electron chi connectivity index (χ3n) is 4.28. The Labute approximate surface area is 182 Å². The monoisotopic (exact) mass is 534 g/mol. The van der Waals surface area contributed by atoms with Crippen LogP contribution in [-0.4, -0.2) is 43.2 Å². The quantitative estimate of drug-likeness (QED) is 0.342. The zero-order chi connectivity index (χ0) is 18.4. The highest BCUT2D eigenvalue weighted by atomic mass is 127. The molecule has 144 valence electrons. The lowest BCUT2D eigenvalue weighted by Crippen LogP contribution is -2.40. The lowest BCUT2D eigenvalue weighted by Gasteiger charge is -2.24. The second-order valence-electron chi connectivity index (χ2n) is 6.19. The number of halogens is 2. The fraction of sp³-hybridized carbons (Fsp3) is 0.421. The number of aromatic nitrogens is 1. The van der Waals surface area contributed by atoms with Crippen molar-refractivity contribution in [1.82, 2.24) is 14.8 Å². The maximum atomic E-state index is 5.47. The minimum absolute atomic E-state index is 0. The first kappa shape index (κ1) is 22.8. The van der Waals surface area contributed by atoms with Gasteiger partial charge in [0.05, 0.1) is 13.7 Å². The van der Waals surface area contributed by atoms with Crippen LogP contribution < -0.4 is 10.1 Å². The van der Waals surface area contributed by atoms with Gasteiger partial charge in [0.2, 0.25) is 0 Å². The van der Waals surface area contributed by atoms with E-state index in [4.69, 9.17) is 4.74 Å². The Morgan fingerprint density at radius 3 is 2.65 bits per heavy atom. The molecule has 2 rings (SSSR count). The third kappa shape index (κ3) is 5.90. The van der Waals surface area contributed by atoms with Gasteiger partial charge in [0, 0.05) is 50.0 Å². The van der Waals surface area contributed by atoms with Crippen molar-refractivity contribution in [2.75, 3.05) is 27.7 Å². The lowest BCUT2D eigenvalue weighted by atomic mass is 10.0. The van der Waals surface area contributed by atoms with Gasteiger partial charge in [-0.25, -0.2) is 0 Å². The molecule has 0 saturated carbocycles. The summed E-state index contributed by atoms with van der Waals surface area (Å²) in [6, 6.07) is 10.3. The van der Waals surface area contributed by atoms with Crippen LogP contribution in [0.25, 0.3) is 0 Å². The van der Waals surface area contributed by atoms with Gasteiger partial charge in [-0.05, 0) is 33.6 Å². The van der Waals surface area contributed by atoms with Gasteiger partial charge in [-0.2, -0.15) is 0 Å². The summed E-state index contributed by atoms with van der Waals surface area (Å²) in [4.78, 5) is 6.53. The summed E-state index contributed by atoms with van der Waals surface area (Å²) in [5.74, 6) is 2.11. The van der Waals surface area contributed by atoms with E-state index in [0.717, 1.165) is 29.3 Å². The average molecular weight is 535 g/mol. The standard InChI is InChI=1S/C19H27BrN4O.HI/c1-14(17-8-6-7-9-18(17)25-5)11-22-19(21-2)24(4)13-16-10-15(20)12-23(16)3;/h6-10,12,14H,11,13H2,1-5H3,(H,21,22);1H. The highest BCUT2D eigenvalue weighted by molar-refractivity contribution is 14.0. The number of hydrogen-bond acceptors (Lipinski definition) is 2. The number of rotatable bonds is 6. The number of nitrogens with zero attached hydrogens (tertiary/aromatic N) is 3. The molecule has 0 aliphatic carbocycles. The zero-order valence-corrected chi connectivity index (χ0v) is 19.9. The van der Waals surface area contributed by atoms with Crippen LogP contribution in [0.2, 0.25) is 0 Å². The molecular weight excluding hydrogens is 507 g/mol. The highest BCUT2D eigenvalue weighted by Crippen LogP contribution is 2.25. The van der Waals surface area contributed by atoms with Gasteiger partial charge in [-0.15, -0.1) is 24.0 Å². The highest BCUT2D eigenvalue weighted by Gasteiger charge is 2.14. The van der Waals surface area contributed by atoms with Crippen molar-refractivity contribution < 1.29 is 4.74 Å². The van der Waals surface area contributed by atoms with E-state index in [2.05, 4.69) is 61.0 Å². The summed E-state index contributed by atoms with van der Waals surface area (Å²) in [5, 5.41) is 3.46. The number of para-hydroxylation sites is 1. The molecule has 1 heterocycles. The maximum absolute atomic E-state index is 5.47. The molecule has 5 nitrogen and oxygen atoms in total. The van der Waals surface area contributed by atoms with Gasteiger partial charge in [-0.3, -0.25) is 4.99 Å². The Morgan fingerprint density at radius 2 is 2.08 bits per heavy atom. The first-order valence-corrected chi connectivity index (χ1v) is 9.11. The van der Waals surface area contributed by atoms with E-state index in [1.165, 1.54) is 11.3 Å². The molecule has 7 heteroatoms. The van der Waals surface area contributed by atoms with E-state index in [-0.39, 0.29) is 24.0 Å². The van der Waals surface area contributed by atoms with Crippen LogP contribution in [0.4, 0.5) is 0 Å². The summed E-state index contributed by atoms with van der Waals surface area (Å²) in [6.07, 6.45) is 2.06. The number of aryl methyl sites for hydroxylation is 1. The summed E-state index contributed by atoms with van der Waals surface area (Å²) >= 11 is 3.52. The van der Waals surface area contributed by atoms with Crippen molar-refractivity contribution in [3.8, 4) is 5.75 Å². The molecule has 1 N–H and O–H groups in total. The molecule has 0 aliphatic rings. The molecule has 0 saturated heterocycles. The minimum Gasteiger partial charge on any atom is -0.496 e. The predicted molar refractivity (Wildman–Crippen MR) is 123 cm³/mol. The van der Waals surface area contributed by atoms with Crippen LogP contribution in [0.3, 0.4) is 0 Å². The van der Waals surface area contributed by atoms with Crippen molar-refractivity contribution in [1.29, 1.82) is 0 Å². The fourth-order valence-corrected chi connectivity index (χ4v) is 3.43. The van der Waals surface area contributed by atoms with E-state index in [9.17, 15) is 0 Å². The molecule has 1 aromatic heterocycles. The number of nitrogens with one attached hydrogen (secondary N) is 1. The number of ether oxygens (including phenoxy) is 1. The summed E-state index contributed by atoms with van der Waals surface area (Å²) in [6.45, 7) is 3.76. The van der Waals surface area contributed by atoms with Gasteiger partial charge in [0.1, 0.15) is 5.75 Å². The van der Waals surface area contributed by atoms with Crippen molar-refractivity contribution in [2.45, 2.75) is 19.4 Å². The molecule has 0 radical (unpaired) electrons. The Hall–Kier alpha value is -1.22. The van der Waals surface area contributed by atoms with Gasteiger partial charge in [-0.1, -0.05) is 25.1 Å². The first-order chi connectivity index (χ1) is 12.0. The molecule has 0 bridgehead atoms. The average Bonchev–Trinajstić information content (AvgIpc) is 2.92. The smallest absolute Gasteiger partial charge is 0.193 e. The van der Waals surface area contributed by atoms with E-state index >= 15 is 0 Å². The number of guanidine groups is 1. The van der Waals surface area contributed by atoms with E-state index < -0.39 is 0 Å². The molecule has 0 fully saturated rings. The Bertz CT molecular complexity index is 732. The molecular formula is C19H28BrIN4O. The lowest BCUT2D eigenvalue weighted by molar-refractivity contribution is 0.405. The first-order valence-electron chi connectivity index (χ1n) is 8.31. The van der Waals surface area contributed by atoms with Gasteiger partial charge in [0.15, 0.2) is 5.96 Å². The number of methoxy groups -OCH3 is 1. The second kappa shape index (κ2) is 10.8. The number of hydrogen-bond donors (Lipinski definition) is 1. The van der Waals surface area contributed by atoms with Crippen LogP contribution in [0.1, 0.15) is 24.1 Å². The molecule has 1 atom stereocenters. The Kier molecular flexibility index (Phi) is 9.49. The van der Waals surface area contributed by atoms with Gasteiger partial charge in [0.25, 0.3) is 0 Å². The van der Waals surface area contributed by atoms with Crippen molar-refractivity contribution in [3.63, 3.8) is 0 Å². The molecule has 1 aromatic carbocycles.